The Labute approximate surface area is 139 Å². The second-order valence-electron chi connectivity index (χ2n) is 5.37. The van der Waals surface area contributed by atoms with E-state index >= 15 is 0 Å². The Kier molecular flexibility index (Phi) is 4.02. The summed E-state index contributed by atoms with van der Waals surface area (Å²) in [5.41, 5.74) is 1.06. The summed E-state index contributed by atoms with van der Waals surface area (Å²) in [7, 11) is 1.62. The number of nitrogens with one attached hydrogen (secondary N) is 1. The molecule has 0 saturated heterocycles. The molecule has 0 heterocycles. The first-order valence-electron chi connectivity index (χ1n) is 6.97. The third-order valence-electron chi connectivity index (χ3n) is 4.03. The molecule has 0 radical (unpaired) electrons. The number of benzene rings is 2. The van der Waals surface area contributed by atoms with Crippen molar-refractivity contribution in [2.75, 3.05) is 12.4 Å². The Morgan fingerprint density at radius 2 is 1.82 bits per heavy atom. The molecule has 1 amide bonds. The number of methoxy groups -OCH3 is 1. The molecule has 0 bridgehead atoms. The average Bonchev–Trinajstić information content (AvgIpc) is 3.34. The van der Waals surface area contributed by atoms with Crippen molar-refractivity contribution < 1.29 is 9.53 Å². The van der Waals surface area contributed by atoms with E-state index in [1.807, 2.05) is 24.3 Å². The number of rotatable bonds is 4. The van der Waals surface area contributed by atoms with Crippen molar-refractivity contribution in [1.82, 2.24) is 0 Å². The van der Waals surface area contributed by atoms with Crippen molar-refractivity contribution in [2.45, 2.75) is 18.3 Å². The topological polar surface area (TPSA) is 38.3 Å². The quantitative estimate of drug-likeness (QED) is 0.881. The molecule has 1 aliphatic carbocycles. The van der Waals surface area contributed by atoms with Crippen molar-refractivity contribution >= 4 is 34.8 Å². The molecular weight excluding hydrogens is 321 g/mol. The van der Waals surface area contributed by atoms with Crippen molar-refractivity contribution in [3.8, 4) is 5.75 Å². The fourth-order valence-electron chi connectivity index (χ4n) is 2.52. The molecule has 0 spiro atoms. The van der Waals surface area contributed by atoms with E-state index < -0.39 is 5.41 Å². The van der Waals surface area contributed by atoms with E-state index in [9.17, 15) is 4.79 Å². The van der Waals surface area contributed by atoms with E-state index in [0.29, 0.717) is 15.7 Å². The Bertz CT molecular complexity index is 709. The maximum absolute atomic E-state index is 12.7. The van der Waals surface area contributed by atoms with Gasteiger partial charge in [-0.15, -0.1) is 0 Å². The number of hydrogen-bond acceptors (Lipinski definition) is 2. The molecule has 1 fully saturated rings. The van der Waals surface area contributed by atoms with Crippen LogP contribution >= 0.6 is 23.2 Å². The van der Waals surface area contributed by atoms with Gasteiger partial charge in [0.1, 0.15) is 5.75 Å². The molecule has 3 rings (SSSR count). The Morgan fingerprint density at radius 3 is 2.41 bits per heavy atom. The number of carbonyl (C=O) groups is 1. The van der Waals surface area contributed by atoms with E-state index in [4.69, 9.17) is 27.9 Å². The van der Waals surface area contributed by atoms with E-state index in [-0.39, 0.29) is 5.91 Å². The highest BCUT2D eigenvalue weighted by Crippen LogP contribution is 2.49. The van der Waals surface area contributed by atoms with Gasteiger partial charge in [-0.2, -0.15) is 0 Å². The molecule has 22 heavy (non-hydrogen) atoms. The monoisotopic (exact) mass is 335 g/mol. The minimum Gasteiger partial charge on any atom is -0.497 e. The van der Waals surface area contributed by atoms with E-state index in [2.05, 4.69) is 5.32 Å². The first-order chi connectivity index (χ1) is 10.6. The maximum atomic E-state index is 12.7. The van der Waals surface area contributed by atoms with E-state index in [1.54, 1.807) is 25.3 Å². The summed E-state index contributed by atoms with van der Waals surface area (Å²) in [6, 6.07) is 12.8. The van der Waals surface area contributed by atoms with Gasteiger partial charge in [-0.1, -0.05) is 41.4 Å². The molecule has 2 aromatic carbocycles. The van der Waals surface area contributed by atoms with Crippen LogP contribution in [-0.2, 0) is 10.2 Å². The molecule has 3 nitrogen and oxygen atoms in total. The molecular formula is C17H15Cl2NO2. The number of carbonyl (C=O) groups excluding carboxylic acids is 1. The minimum atomic E-state index is -0.474. The Hall–Kier alpha value is -1.71. The molecule has 2 aromatic rings. The van der Waals surface area contributed by atoms with Crippen LogP contribution in [-0.4, -0.2) is 13.0 Å². The maximum Gasteiger partial charge on any atom is 0.235 e. The summed E-state index contributed by atoms with van der Waals surface area (Å²) in [5.74, 6) is 0.722. The summed E-state index contributed by atoms with van der Waals surface area (Å²) >= 11 is 12.1. The zero-order valence-electron chi connectivity index (χ0n) is 12.0. The lowest BCUT2D eigenvalue weighted by Gasteiger charge is -2.17. The molecule has 5 heteroatoms. The van der Waals surface area contributed by atoms with Crippen molar-refractivity contribution in [2.24, 2.45) is 0 Å². The SMILES string of the molecule is COc1ccc(C2(C(=O)Nc3cccc(Cl)c3Cl)CC2)cc1. The van der Waals surface area contributed by atoms with Crippen molar-refractivity contribution in [1.29, 1.82) is 0 Å². The highest BCUT2D eigenvalue weighted by molar-refractivity contribution is 6.44. The van der Waals surface area contributed by atoms with Crippen LogP contribution in [0.3, 0.4) is 0 Å². The second-order valence-corrected chi connectivity index (χ2v) is 6.15. The van der Waals surface area contributed by atoms with Gasteiger partial charge in [-0.3, -0.25) is 4.79 Å². The van der Waals surface area contributed by atoms with Gasteiger partial charge in [-0.05, 0) is 42.7 Å². The molecule has 0 aliphatic heterocycles. The number of amides is 1. The van der Waals surface area contributed by atoms with Crippen LogP contribution in [0.2, 0.25) is 10.0 Å². The third kappa shape index (κ3) is 2.67. The molecule has 0 atom stereocenters. The zero-order chi connectivity index (χ0) is 15.7. The van der Waals surface area contributed by atoms with Gasteiger partial charge in [0.25, 0.3) is 0 Å². The lowest BCUT2D eigenvalue weighted by Crippen LogP contribution is -2.27. The number of halogens is 2. The van der Waals surface area contributed by atoms with Crippen LogP contribution in [0.1, 0.15) is 18.4 Å². The van der Waals surface area contributed by atoms with Gasteiger partial charge >= 0.3 is 0 Å². The standard InChI is InChI=1S/C17H15Cl2NO2/c1-22-12-7-5-11(6-8-12)17(9-10-17)16(21)20-14-4-2-3-13(18)15(14)19/h2-8H,9-10H2,1H3,(H,20,21). The van der Waals surface area contributed by atoms with Gasteiger partial charge in [0.05, 0.1) is 28.3 Å². The highest BCUT2D eigenvalue weighted by Gasteiger charge is 2.51. The average molecular weight is 336 g/mol. The second kappa shape index (κ2) is 5.82. The predicted octanol–water partition coefficient (Wildman–Crippen LogP) is 4.67. The van der Waals surface area contributed by atoms with Gasteiger partial charge in [0.2, 0.25) is 5.91 Å². The normalized spacial score (nSPS) is 15.2. The molecule has 1 aliphatic rings. The number of hydrogen-bond donors (Lipinski definition) is 1. The van der Waals surface area contributed by atoms with Crippen molar-refractivity contribution in [3.05, 3.63) is 58.1 Å². The van der Waals surface area contributed by atoms with Crippen LogP contribution in [0.5, 0.6) is 5.75 Å². The van der Waals surface area contributed by atoms with Crippen molar-refractivity contribution in [3.63, 3.8) is 0 Å². The minimum absolute atomic E-state index is 0.0539. The first kappa shape index (κ1) is 15.2. The summed E-state index contributed by atoms with van der Waals surface area (Å²) < 4.78 is 5.15. The van der Waals surface area contributed by atoms with Crippen LogP contribution < -0.4 is 10.1 Å². The van der Waals surface area contributed by atoms with Crippen LogP contribution in [0.4, 0.5) is 5.69 Å². The fraction of sp³-hybridized carbons (Fsp3) is 0.235. The predicted molar refractivity (Wildman–Crippen MR) is 89.0 cm³/mol. The summed E-state index contributed by atoms with van der Waals surface area (Å²) in [6.45, 7) is 0. The largest absolute Gasteiger partial charge is 0.497 e. The van der Waals surface area contributed by atoms with Crippen LogP contribution in [0.15, 0.2) is 42.5 Å². The van der Waals surface area contributed by atoms with Gasteiger partial charge < -0.3 is 10.1 Å². The highest BCUT2D eigenvalue weighted by atomic mass is 35.5. The molecule has 114 valence electrons. The lowest BCUT2D eigenvalue weighted by atomic mass is 9.95. The Morgan fingerprint density at radius 1 is 1.14 bits per heavy atom. The van der Waals surface area contributed by atoms with Crippen LogP contribution in [0.25, 0.3) is 0 Å². The number of anilines is 1. The summed E-state index contributed by atoms with van der Waals surface area (Å²) in [5, 5.41) is 3.68. The van der Waals surface area contributed by atoms with Gasteiger partial charge in [-0.25, -0.2) is 0 Å². The number of ether oxygens (including phenoxy) is 1. The summed E-state index contributed by atoms with van der Waals surface area (Å²) in [4.78, 5) is 12.7. The fourth-order valence-corrected chi connectivity index (χ4v) is 2.87. The molecule has 0 aromatic heterocycles. The molecule has 0 unspecified atom stereocenters. The molecule has 1 saturated carbocycles. The molecule has 1 N–H and O–H groups in total. The first-order valence-corrected chi connectivity index (χ1v) is 7.72. The van der Waals surface area contributed by atoms with E-state index in [1.165, 1.54) is 0 Å². The van der Waals surface area contributed by atoms with E-state index in [0.717, 1.165) is 24.2 Å². The van der Waals surface area contributed by atoms with Gasteiger partial charge in [0.15, 0.2) is 0 Å². The smallest absolute Gasteiger partial charge is 0.235 e. The Balaban J connectivity index is 1.83. The van der Waals surface area contributed by atoms with Crippen LogP contribution in [0, 0.1) is 0 Å². The van der Waals surface area contributed by atoms with Gasteiger partial charge in [0, 0.05) is 0 Å². The third-order valence-corrected chi connectivity index (χ3v) is 4.85. The zero-order valence-corrected chi connectivity index (χ0v) is 13.5. The summed E-state index contributed by atoms with van der Waals surface area (Å²) in [6.07, 6.45) is 1.65. The lowest BCUT2D eigenvalue weighted by molar-refractivity contribution is -0.118.